The van der Waals surface area contributed by atoms with Crippen LogP contribution in [0.25, 0.3) is 10.9 Å². The second kappa shape index (κ2) is 2.85. The molecule has 0 unspecified atom stereocenters. The molecule has 0 saturated carbocycles. The molecule has 0 aliphatic carbocycles. The lowest BCUT2D eigenvalue weighted by Gasteiger charge is -1.94. The SMILES string of the molecule is Cc1[nH]c2c(C#N)cc(F)cc2c1C. The van der Waals surface area contributed by atoms with E-state index in [-0.39, 0.29) is 5.82 Å². The Bertz CT molecular complexity index is 546. The molecule has 3 heteroatoms. The average Bonchev–Trinajstić information content (AvgIpc) is 2.43. The van der Waals surface area contributed by atoms with E-state index in [1.807, 2.05) is 19.9 Å². The van der Waals surface area contributed by atoms with Gasteiger partial charge in [0, 0.05) is 11.1 Å². The van der Waals surface area contributed by atoms with Crippen LogP contribution in [0.5, 0.6) is 0 Å². The van der Waals surface area contributed by atoms with Gasteiger partial charge >= 0.3 is 0 Å². The zero-order valence-corrected chi connectivity index (χ0v) is 7.98. The van der Waals surface area contributed by atoms with Crippen LogP contribution in [-0.4, -0.2) is 4.98 Å². The highest BCUT2D eigenvalue weighted by Gasteiger charge is 2.09. The predicted octanol–water partition coefficient (Wildman–Crippen LogP) is 2.80. The van der Waals surface area contributed by atoms with Gasteiger partial charge in [-0.2, -0.15) is 5.26 Å². The fourth-order valence-corrected chi connectivity index (χ4v) is 1.61. The number of nitriles is 1. The quantitative estimate of drug-likeness (QED) is 0.678. The molecule has 0 amide bonds. The molecular formula is C11H9FN2. The monoisotopic (exact) mass is 188 g/mol. The average molecular weight is 188 g/mol. The predicted molar refractivity (Wildman–Crippen MR) is 52.4 cm³/mol. The normalized spacial score (nSPS) is 10.4. The first kappa shape index (κ1) is 8.76. The third-order valence-corrected chi connectivity index (χ3v) is 2.50. The highest BCUT2D eigenvalue weighted by molar-refractivity contribution is 5.88. The maximum atomic E-state index is 13.1. The molecule has 14 heavy (non-hydrogen) atoms. The summed E-state index contributed by atoms with van der Waals surface area (Å²) in [5.74, 6) is -0.365. The number of H-pyrrole nitrogens is 1. The first-order valence-corrected chi connectivity index (χ1v) is 4.32. The molecule has 2 rings (SSSR count). The lowest BCUT2D eigenvalue weighted by atomic mass is 10.1. The fraction of sp³-hybridized carbons (Fsp3) is 0.182. The van der Waals surface area contributed by atoms with Gasteiger partial charge in [-0.05, 0) is 31.5 Å². The molecule has 1 aromatic heterocycles. The number of halogens is 1. The van der Waals surface area contributed by atoms with Crippen molar-refractivity contribution in [1.29, 1.82) is 5.26 Å². The fourth-order valence-electron chi connectivity index (χ4n) is 1.61. The van der Waals surface area contributed by atoms with Crippen LogP contribution in [0.15, 0.2) is 12.1 Å². The Morgan fingerprint density at radius 3 is 2.71 bits per heavy atom. The topological polar surface area (TPSA) is 39.6 Å². The Labute approximate surface area is 81.0 Å². The van der Waals surface area contributed by atoms with Gasteiger partial charge in [0.05, 0.1) is 11.1 Å². The van der Waals surface area contributed by atoms with Gasteiger partial charge in [-0.25, -0.2) is 4.39 Å². The van der Waals surface area contributed by atoms with Gasteiger partial charge in [-0.3, -0.25) is 0 Å². The number of benzene rings is 1. The van der Waals surface area contributed by atoms with Crippen molar-refractivity contribution in [2.45, 2.75) is 13.8 Å². The molecule has 1 heterocycles. The molecule has 0 saturated heterocycles. The van der Waals surface area contributed by atoms with Gasteiger partial charge < -0.3 is 4.98 Å². The number of aromatic nitrogens is 1. The number of nitrogens with one attached hydrogen (secondary N) is 1. The minimum absolute atomic E-state index is 0.358. The second-order valence-corrected chi connectivity index (χ2v) is 3.36. The van der Waals surface area contributed by atoms with Crippen molar-refractivity contribution in [2.75, 3.05) is 0 Å². The smallest absolute Gasteiger partial charge is 0.125 e. The van der Waals surface area contributed by atoms with Crippen molar-refractivity contribution in [3.05, 3.63) is 34.8 Å². The molecule has 2 nitrogen and oxygen atoms in total. The molecule has 0 fully saturated rings. The van der Waals surface area contributed by atoms with Gasteiger partial charge in [0.1, 0.15) is 11.9 Å². The molecule has 70 valence electrons. The molecule has 0 bridgehead atoms. The Kier molecular flexibility index (Phi) is 1.78. The molecule has 2 aromatic rings. The van der Waals surface area contributed by atoms with Crippen LogP contribution >= 0.6 is 0 Å². The third-order valence-electron chi connectivity index (χ3n) is 2.50. The summed E-state index contributed by atoms with van der Waals surface area (Å²) in [6.45, 7) is 3.82. The molecular weight excluding hydrogens is 179 g/mol. The van der Waals surface area contributed by atoms with E-state index in [0.717, 1.165) is 22.2 Å². The summed E-state index contributed by atoms with van der Waals surface area (Å²) in [5.41, 5.74) is 3.05. The summed E-state index contributed by atoms with van der Waals surface area (Å²) in [6.07, 6.45) is 0. The highest BCUT2D eigenvalue weighted by Crippen LogP contribution is 2.24. The van der Waals surface area contributed by atoms with Crippen molar-refractivity contribution < 1.29 is 4.39 Å². The summed E-state index contributed by atoms with van der Waals surface area (Å²) in [6, 6.07) is 4.68. The van der Waals surface area contributed by atoms with E-state index in [1.165, 1.54) is 12.1 Å². The summed E-state index contributed by atoms with van der Waals surface area (Å²) < 4.78 is 13.1. The van der Waals surface area contributed by atoms with E-state index in [9.17, 15) is 4.39 Å². The maximum absolute atomic E-state index is 13.1. The zero-order chi connectivity index (χ0) is 10.3. The van der Waals surface area contributed by atoms with E-state index in [4.69, 9.17) is 5.26 Å². The minimum Gasteiger partial charge on any atom is -0.357 e. The van der Waals surface area contributed by atoms with Gasteiger partial charge in [0.25, 0.3) is 0 Å². The number of rotatable bonds is 0. The van der Waals surface area contributed by atoms with Gasteiger partial charge in [-0.1, -0.05) is 0 Å². The number of aromatic amines is 1. The van der Waals surface area contributed by atoms with Crippen molar-refractivity contribution in [3.8, 4) is 6.07 Å². The van der Waals surface area contributed by atoms with Crippen LogP contribution in [0.1, 0.15) is 16.8 Å². The third kappa shape index (κ3) is 1.08. The highest BCUT2D eigenvalue weighted by atomic mass is 19.1. The molecule has 0 aliphatic heterocycles. The minimum atomic E-state index is -0.365. The van der Waals surface area contributed by atoms with E-state index >= 15 is 0 Å². The van der Waals surface area contributed by atoms with Crippen molar-refractivity contribution in [3.63, 3.8) is 0 Å². The number of hydrogen-bond acceptors (Lipinski definition) is 1. The lowest BCUT2D eigenvalue weighted by molar-refractivity contribution is 0.629. The van der Waals surface area contributed by atoms with E-state index < -0.39 is 0 Å². The Balaban J connectivity index is 2.96. The summed E-state index contributed by atoms with van der Waals surface area (Å²) in [7, 11) is 0. The van der Waals surface area contributed by atoms with Crippen molar-refractivity contribution >= 4 is 10.9 Å². The van der Waals surface area contributed by atoms with Gasteiger partial charge in [0.15, 0.2) is 0 Å². The molecule has 1 aromatic carbocycles. The van der Waals surface area contributed by atoms with Crippen LogP contribution in [0.4, 0.5) is 4.39 Å². The Hall–Kier alpha value is -1.82. The largest absolute Gasteiger partial charge is 0.357 e. The first-order valence-electron chi connectivity index (χ1n) is 4.32. The van der Waals surface area contributed by atoms with Crippen LogP contribution in [0.2, 0.25) is 0 Å². The van der Waals surface area contributed by atoms with Gasteiger partial charge in [0.2, 0.25) is 0 Å². The van der Waals surface area contributed by atoms with E-state index in [0.29, 0.717) is 5.56 Å². The number of fused-ring (bicyclic) bond motifs is 1. The molecule has 0 spiro atoms. The second-order valence-electron chi connectivity index (χ2n) is 3.36. The Morgan fingerprint density at radius 1 is 1.36 bits per heavy atom. The van der Waals surface area contributed by atoms with E-state index in [1.54, 1.807) is 0 Å². The molecule has 0 aliphatic rings. The number of hydrogen-bond donors (Lipinski definition) is 1. The Morgan fingerprint density at radius 2 is 2.07 bits per heavy atom. The van der Waals surface area contributed by atoms with E-state index in [2.05, 4.69) is 4.98 Å². The molecule has 0 atom stereocenters. The lowest BCUT2D eigenvalue weighted by Crippen LogP contribution is -1.81. The summed E-state index contributed by atoms with van der Waals surface area (Å²) >= 11 is 0. The van der Waals surface area contributed by atoms with Crippen LogP contribution < -0.4 is 0 Å². The van der Waals surface area contributed by atoms with Crippen LogP contribution in [0, 0.1) is 31.0 Å². The maximum Gasteiger partial charge on any atom is 0.125 e. The van der Waals surface area contributed by atoms with Gasteiger partial charge in [-0.15, -0.1) is 0 Å². The number of aryl methyl sites for hydroxylation is 2. The summed E-state index contributed by atoms with van der Waals surface area (Å²) in [5, 5.41) is 9.61. The summed E-state index contributed by atoms with van der Waals surface area (Å²) in [4.78, 5) is 3.08. The van der Waals surface area contributed by atoms with Crippen LogP contribution in [0.3, 0.4) is 0 Å². The van der Waals surface area contributed by atoms with Crippen molar-refractivity contribution in [1.82, 2.24) is 4.98 Å². The molecule has 0 radical (unpaired) electrons. The molecule has 1 N–H and O–H groups in total. The standard InChI is InChI=1S/C11H9FN2/c1-6-7(2)14-11-8(5-13)3-9(12)4-10(6)11/h3-4,14H,1-2H3. The first-order chi connectivity index (χ1) is 6.63. The number of nitrogens with zero attached hydrogens (tertiary/aromatic N) is 1. The van der Waals surface area contributed by atoms with Crippen molar-refractivity contribution in [2.24, 2.45) is 0 Å². The zero-order valence-electron chi connectivity index (χ0n) is 7.98. The van der Waals surface area contributed by atoms with Crippen LogP contribution in [-0.2, 0) is 0 Å².